The minimum absolute atomic E-state index is 0.0821. The molecule has 0 radical (unpaired) electrons. The molecule has 0 aromatic heterocycles. The Morgan fingerprint density at radius 1 is 1.20 bits per heavy atom. The van der Waals surface area contributed by atoms with Crippen LogP contribution in [0.1, 0.15) is 74.5 Å². The average molecular weight is 480 g/mol. The zero-order chi connectivity index (χ0) is 25.6. The number of fused-ring (bicyclic) bond motifs is 1. The first-order valence-electron chi connectivity index (χ1n) is 12.7. The van der Waals surface area contributed by atoms with Gasteiger partial charge in [-0.25, -0.2) is 4.79 Å². The van der Waals surface area contributed by atoms with Crippen LogP contribution in [0.25, 0.3) is 6.08 Å². The molecule has 1 aliphatic rings. The molecule has 0 bridgehead atoms. The van der Waals surface area contributed by atoms with Gasteiger partial charge in [0.05, 0.1) is 18.8 Å². The van der Waals surface area contributed by atoms with Gasteiger partial charge in [-0.2, -0.15) is 0 Å². The van der Waals surface area contributed by atoms with Gasteiger partial charge in [0.1, 0.15) is 0 Å². The van der Waals surface area contributed by atoms with Crippen molar-refractivity contribution in [3.05, 3.63) is 75.9 Å². The molecule has 0 unspecified atom stereocenters. The third kappa shape index (κ3) is 7.76. The van der Waals surface area contributed by atoms with E-state index in [9.17, 15) is 15.0 Å². The molecular weight excluding hydrogens is 438 g/mol. The molecule has 5 nitrogen and oxygen atoms in total. The van der Waals surface area contributed by atoms with Gasteiger partial charge in [-0.15, -0.1) is 0 Å². The van der Waals surface area contributed by atoms with E-state index >= 15 is 0 Å². The van der Waals surface area contributed by atoms with Gasteiger partial charge < -0.3 is 20.3 Å². The predicted molar refractivity (Wildman–Crippen MR) is 141 cm³/mol. The van der Waals surface area contributed by atoms with Gasteiger partial charge in [0.2, 0.25) is 0 Å². The Balaban J connectivity index is 1.52. The molecule has 190 valence electrons. The van der Waals surface area contributed by atoms with E-state index in [1.165, 1.54) is 11.1 Å². The van der Waals surface area contributed by atoms with Crippen molar-refractivity contribution in [3.8, 4) is 0 Å². The van der Waals surface area contributed by atoms with E-state index in [1.54, 1.807) is 6.08 Å². The van der Waals surface area contributed by atoms with Crippen LogP contribution in [0, 0.1) is 12.8 Å². The second-order valence-electron chi connectivity index (χ2n) is 10.6. The van der Waals surface area contributed by atoms with Crippen LogP contribution < -0.4 is 5.32 Å². The van der Waals surface area contributed by atoms with Crippen molar-refractivity contribution in [2.75, 3.05) is 13.2 Å². The van der Waals surface area contributed by atoms with Gasteiger partial charge in [-0.1, -0.05) is 55.0 Å². The number of carbonyl (C=O) groups is 1. The Kier molecular flexibility index (Phi) is 9.28. The number of aliphatic hydroxyl groups is 1. The Morgan fingerprint density at radius 2 is 1.86 bits per heavy atom. The molecule has 3 rings (SSSR count). The molecule has 1 aliphatic carbocycles. The van der Waals surface area contributed by atoms with Crippen LogP contribution in [0.5, 0.6) is 0 Å². The lowest BCUT2D eigenvalue weighted by Crippen LogP contribution is -2.45. The van der Waals surface area contributed by atoms with Gasteiger partial charge in [-0.05, 0) is 87.6 Å². The number of aliphatic carboxylic acids is 1. The Labute approximate surface area is 210 Å². The summed E-state index contributed by atoms with van der Waals surface area (Å²) in [6, 6.07) is 14.6. The summed E-state index contributed by atoms with van der Waals surface area (Å²) in [5.74, 6) is -0.284. The van der Waals surface area contributed by atoms with Crippen molar-refractivity contribution >= 4 is 12.0 Å². The highest BCUT2D eigenvalue weighted by molar-refractivity contribution is 5.92. The van der Waals surface area contributed by atoms with E-state index in [1.807, 2.05) is 39.0 Å². The number of hydrogen-bond acceptors (Lipinski definition) is 4. The third-order valence-electron chi connectivity index (χ3n) is 6.95. The maximum atomic E-state index is 11.5. The molecule has 0 fully saturated rings. The zero-order valence-corrected chi connectivity index (χ0v) is 21.8. The van der Waals surface area contributed by atoms with Gasteiger partial charge in [0.25, 0.3) is 0 Å². The fourth-order valence-electron chi connectivity index (χ4n) is 5.07. The summed E-state index contributed by atoms with van der Waals surface area (Å²) in [4.78, 5) is 11.5. The fourth-order valence-corrected chi connectivity index (χ4v) is 5.07. The second kappa shape index (κ2) is 12.0. The molecule has 3 N–H and O–H groups in total. The number of benzene rings is 2. The van der Waals surface area contributed by atoms with Gasteiger partial charge >= 0.3 is 5.97 Å². The van der Waals surface area contributed by atoms with E-state index in [-0.39, 0.29) is 18.2 Å². The van der Waals surface area contributed by atoms with Crippen LogP contribution >= 0.6 is 0 Å². The van der Waals surface area contributed by atoms with Crippen molar-refractivity contribution in [1.82, 2.24) is 5.32 Å². The standard InChI is InChI=1S/C30H41NO4/c1-6-23(29(33)34)16-26-12-11-20(2)13-28(26)21(3)35-19-27(32)18-31-30(4,5)17-22-14-24-9-7-8-10-25(24)15-22/h7-13,16,21-22,27,31-32H,6,14-15,17-19H2,1-5H3,(H,33,34)/t21-,27-/m1/s1. The minimum atomic E-state index is -0.904. The first-order chi connectivity index (χ1) is 16.6. The highest BCUT2D eigenvalue weighted by atomic mass is 16.5. The molecule has 0 amide bonds. The molecule has 2 aromatic carbocycles. The lowest BCUT2D eigenvalue weighted by Gasteiger charge is -2.31. The maximum absolute atomic E-state index is 11.5. The minimum Gasteiger partial charge on any atom is -0.478 e. The quantitative estimate of drug-likeness (QED) is 0.351. The number of hydrogen-bond donors (Lipinski definition) is 3. The van der Waals surface area contributed by atoms with E-state index in [0.717, 1.165) is 36.0 Å². The molecule has 0 saturated carbocycles. The first kappa shape index (κ1) is 27.1. The number of carboxylic acid groups (broad SMARTS) is 1. The average Bonchev–Trinajstić information content (AvgIpc) is 3.21. The second-order valence-corrected chi connectivity index (χ2v) is 10.6. The molecule has 0 spiro atoms. The third-order valence-corrected chi connectivity index (χ3v) is 6.95. The number of β-amino-alcohol motifs (C(OH)–C–C–N with tert-alkyl or cyclic N) is 1. The molecule has 2 aromatic rings. The molecule has 0 saturated heterocycles. The molecule has 0 aliphatic heterocycles. The summed E-state index contributed by atoms with van der Waals surface area (Å²) in [5.41, 5.74) is 6.07. The summed E-state index contributed by atoms with van der Waals surface area (Å²) in [6.07, 6.45) is 4.57. The highest BCUT2D eigenvalue weighted by Crippen LogP contribution is 2.32. The summed E-state index contributed by atoms with van der Waals surface area (Å²) < 4.78 is 6.04. The Morgan fingerprint density at radius 3 is 2.46 bits per heavy atom. The normalized spacial score (nSPS) is 16.2. The summed E-state index contributed by atoms with van der Waals surface area (Å²) in [6.45, 7) is 10.8. The van der Waals surface area contributed by atoms with Gasteiger partial charge in [0.15, 0.2) is 0 Å². The SMILES string of the molecule is CCC(=Cc1ccc(C)cc1[C@@H](C)OC[C@H](O)CNC(C)(C)CC1Cc2ccccc2C1)C(=O)O. The van der Waals surface area contributed by atoms with E-state index < -0.39 is 12.1 Å². The van der Waals surface area contributed by atoms with E-state index in [2.05, 4.69) is 43.4 Å². The zero-order valence-electron chi connectivity index (χ0n) is 21.8. The lowest BCUT2D eigenvalue weighted by atomic mass is 9.88. The Bertz CT molecular complexity index is 1020. The predicted octanol–water partition coefficient (Wildman–Crippen LogP) is 5.48. The van der Waals surface area contributed by atoms with Crippen LogP contribution in [-0.2, 0) is 22.4 Å². The number of carboxylic acids is 1. The number of aryl methyl sites for hydroxylation is 1. The van der Waals surface area contributed by atoms with Crippen molar-refractivity contribution < 1.29 is 19.7 Å². The number of nitrogens with one attached hydrogen (secondary N) is 1. The molecular formula is C30H41NO4. The van der Waals surface area contributed by atoms with Gasteiger partial charge in [0, 0.05) is 17.7 Å². The van der Waals surface area contributed by atoms with Crippen molar-refractivity contribution in [2.24, 2.45) is 5.92 Å². The van der Waals surface area contributed by atoms with Crippen LogP contribution in [-0.4, -0.2) is 41.0 Å². The molecule has 5 heteroatoms. The first-order valence-corrected chi connectivity index (χ1v) is 12.7. The maximum Gasteiger partial charge on any atom is 0.331 e. The van der Waals surface area contributed by atoms with Crippen molar-refractivity contribution in [2.45, 2.75) is 78.0 Å². The smallest absolute Gasteiger partial charge is 0.331 e. The summed E-state index contributed by atoms with van der Waals surface area (Å²) in [7, 11) is 0. The van der Waals surface area contributed by atoms with Crippen LogP contribution in [0.4, 0.5) is 0 Å². The van der Waals surface area contributed by atoms with E-state index in [0.29, 0.717) is 24.5 Å². The number of aliphatic hydroxyl groups excluding tert-OH is 1. The van der Waals surface area contributed by atoms with Gasteiger partial charge in [-0.3, -0.25) is 0 Å². The molecule has 0 heterocycles. The lowest BCUT2D eigenvalue weighted by molar-refractivity contribution is -0.132. The highest BCUT2D eigenvalue weighted by Gasteiger charge is 2.28. The fraction of sp³-hybridized carbons (Fsp3) is 0.500. The van der Waals surface area contributed by atoms with Crippen LogP contribution in [0.3, 0.4) is 0 Å². The molecule has 2 atom stereocenters. The van der Waals surface area contributed by atoms with Crippen molar-refractivity contribution in [1.29, 1.82) is 0 Å². The largest absolute Gasteiger partial charge is 0.478 e. The van der Waals surface area contributed by atoms with Crippen molar-refractivity contribution in [3.63, 3.8) is 0 Å². The Hall–Kier alpha value is -2.47. The number of ether oxygens (including phenoxy) is 1. The monoisotopic (exact) mass is 479 g/mol. The van der Waals surface area contributed by atoms with Crippen LogP contribution in [0.2, 0.25) is 0 Å². The number of rotatable bonds is 12. The van der Waals surface area contributed by atoms with Crippen LogP contribution in [0.15, 0.2) is 48.0 Å². The summed E-state index contributed by atoms with van der Waals surface area (Å²) >= 11 is 0. The molecule has 35 heavy (non-hydrogen) atoms. The topological polar surface area (TPSA) is 78.8 Å². The van der Waals surface area contributed by atoms with E-state index in [4.69, 9.17) is 4.74 Å². The summed E-state index contributed by atoms with van der Waals surface area (Å²) in [5, 5.41) is 23.6.